The zero-order valence-corrected chi connectivity index (χ0v) is 28.6. The highest BCUT2D eigenvalue weighted by Gasteiger charge is 2.71. The van der Waals surface area contributed by atoms with E-state index in [0.29, 0.717) is 13.0 Å². The number of amides is 1. The molecule has 6 atom stereocenters. The van der Waals surface area contributed by atoms with Crippen molar-refractivity contribution in [1.82, 2.24) is 5.32 Å². The van der Waals surface area contributed by atoms with Crippen LogP contribution in [0.1, 0.15) is 72.8 Å². The van der Waals surface area contributed by atoms with Crippen LogP contribution in [0.15, 0.2) is 40.8 Å². The van der Waals surface area contributed by atoms with Crippen LogP contribution in [-0.4, -0.2) is 85.4 Å². The number of methoxy groups -OCH3 is 1. The number of Topliss-reactive ketones (excluding diaryl/α,β-unsaturated/α-hetero) is 3. The van der Waals surface area contributed by atoms with Gasteiger partial charge >= 0.3 is 0 Å². The maximum atomic E-state index is 13.0. The highest BCUT2D eigenvalue weighted by Crippen LogP contribution is 2.59. The smallest absolute Gasteiger partial charge is 0.227 e. The molecule has 4 rings (SSSR count). The van der Waals surface area contributed by atoms with Crippen molar-refractivity contribution in [2.24, 2.45) is 11.3 Å². The van der Waals surface area contributed by atoms with Gasteiger partial charge in [-0.1, -0.05) is 44.6 Å². The van der Waals surface area contributed by atoms with Gasteiger partial charge in [0.05, 0.1) is 42.6 Å². The van der Waals surface area contributed by atoms with E-state index < -0.39 is 5.41 Å². The van der Waals surface area contributed by atoms with Crippen LogP contribution in [0.3, 0.4) is 0 Å². The number of hydrogen-bond donors (Lipinski definition) is 1. The average molecular weight is 644 g/mol. The first-order valence-corrected chi connectivity index (χ1v) is 16.8. The minimum Gasteiger partial charge on any atom is -0.379 e. The van der Waals surface area contributed by atoms with Crippen LogP contribution in [0.5, 0.6) is 0 Å². The number of hydrogen-bond acceptors (Lipinski definition) is 9. The number of thioether (sulfide) groups is 1. The maximum absolute atomic E-state index is 13.0. The molecule has 2 saturated heterocycles. The molecular weight excluding hydrogens is 594 g/mol. The quantitative estimate of drug-likeness (QED) is 0.118. The Hall–Kier alpha value is -2.37. The van der Waals surface area contributed by atoms with Gasteiger partial charge in [0.2, 0.25) is 5.91 Å². The molecule has 0 aromatic heterocycles. The highest BCUT2D eigenvalue weighted by atomic mass is 32.2. The van der Waals surface area contributed by atoms with E-state index in [0.717, 1.165) is 23.3 Å². The van der Waals surface area contributed by atoms with Crippen molar-refractivity contribution in [2.75, 3.05) is 32.7 Å². The van der Waals surface area contributed by atoms with Gasteiger partial charge < -0.3 is 24.3 Å². The molecule has 0 bridgehead atoms. The fourth-order valence-electron chi connectivity index (χ4n) is 6.25. The number of benzene rings is 1. The van der Waals surface area contributed by atoms with E-state index in [1.807, 2.05) is 45.0 Å². The van der Waals surface area contributed by atoms with Crippen molar-refractivity contribution in [2.45, 2.75) is 108 Å². The Morgan fingerprint density at radius 3 is 2.38 bits per heavy atom. The van der Waals surface area contributed by atoms with E-state index in [1.165, 1.54) is 17.3 Å². The van der Waals surface area contributed by atoms with Crippen LogP contribution in [0.2, 0.25) is 0 Å². The third-order valence-electron chi connectivity index (χ3n) is 9.05. The van der Waals surface area contributed by atoms with Gasteiger partial charge in [-0.3, -0.25) is 19.2 Å². The molecule has 10 heteroatoms. The number of carbonyl (C=O) groups excluding carboxylic acids is 4. The van der Waals surface area contributed by atoms with E-state index >= 15 is 0 Å². The van der Waals surface area contributed by atoms with Crippen molar-refractivity contribution in [3.8, 4) is 0 Å². The lowest BCUT2D eigenvalue weighted by Gasteiger charge is -2.43. The van der Waals surface area contributed by atoms with E-state index in [2.05, 4.69) is 32.2 Å². The normalized spacial score (nSPS) is 28.8. The summed E-state index contributed by atoms with van der Waals surface area (Å²) in [5, 5.41) is 3.09. The van der Waals surface area contributed by atoms with Gasteiger partial charge in [-0.25, -0.2) is 0 Å². The van der Waals surface area contributed by atoms with E-state index in [1.54, 1.807) is 7.11 Å². The second-order valence-electron chi connectivity index (χ2n) is 14.1. The second-order valence-corrected chi connectivity index (χ2v) is 15.1. The number of nitrogens with one attached hydrogen (secondary N) is 1. The topological polar surface area (TPSA) is 124 Å². The van der Waals surface area contributed by atoms with Crippen molar-refractivity contribution in [3.63, 3.8) is 0 Å². The molecule has 2 heterocycles. The van der Waals surface area contributed by atoms with Gasteiger partial charge in [-0.05, 0) is 57.7 Å². The first kappa shape index (κ1) is 35.5. The fourth-order valence-corrected chi connectivity index (χ4v) is 7.01. The molecule has 1 saturated carbocycles. The van der Waals surface area contributed by atoms with E-state index in [-0.39, 0.29) is 90.4 Å². The fraction of sp³-hybridized carbons (Fsp3) is 0.657. The first-order valence-electron chi connectivity index (χ1n) is 15.8. The predicted octanol–water partition coefficient (Wildman–Crippen LogP) is 4.67. The van der Waals surface area contributed by atoms with Crippen LogP contribution in [0.25, 0.3) is 0 Å². The Kier molecular flexibility index (Phi) is 11.5. The molecule has 1 spiro atoms. The van der Waals surface area contributed by atoms with Gasteiger partial charge in [0.1, 0.15) is 18.8 Å². The average Bonchev–Trinajstić information content (AvgIpc) is 3.88. The number of carbonyl (C=O) groups is 4. The highest BCUT2D eigenvalue weighted by molar-refractivity contribution is 8.00. The summed E-state index contributed by atoms with van der Waals surface area (Å²) in [5.74, 6) is -0.477. The molecule has 1 aliphatic carbocycles. The molecule has 45 heavy (non-hydrogen) atoms. The number of epoxide rings is 2. The summed E-state index contributed by atoms with van der Waals surface area (Å²) in [7, 11) is 1.67. The Balaban J connectivity index is 1.21. The molecule has 9 nitrogen and oxygen atoms in total. The molecule has 2 aliphatic heterocycles. The van der Waals surface area contributed by atoms with Crippen LogP contribution in [-0.2, 0) is 44.5 Å². The Morgan fingerprint density at radius 1 is 1.09 bits per heavy atom. The third-order valence-corrected chi connectivity index (χ3v) is 10.1. The van der Waals surface area contributed by atoms with Gasteiger partial charge in [-0.15, -0.1) is 11.8 Å². The lowest BCUT2D eigenvalue weighted by Crippen LogP contribution is -2.59. The van der Waals surface area contributed by atoms with Gasteiger partial charge in [0.15, 0.2) is 17.3 Å². The molecule has 1 aromatic rings. The minimum atomic E-state index is -0.497. The van der Waals surface area contributed by atoms with Crippen LogP contribution < -0.4 is 5.32 Å². The Bertz CT molecular complexity index is 1280. The first-order chi connectivity index (χ1) is 21.2. The Labute approximate surface area is 271 Å². The second kappa shape index (κ2) is 14.6. The summed E-state index contributed by atoms with van der Waals surface area (Å²) in [6, 6.07) is 7.17. The van der Waals surface area contributed by atoms with Gasteiger partial charge in [0, 0.05) is 29.8 Å². The molecule has 0 unspecified atom stereocenters. The maximum Gasteiger partial charge on any atom is 0.227 e. The van der Waals surface area contributed by atoms with Crippen molar-refractivity contribution >= 4 is 35.0 Å². The van der Waals surface area contributed by atoms with Gasteiger partial charge in [-0.2, -0.15) is 0 Å². The molecule has 3 aliphatic rings. The summed E-state index contributed by atoms with van der Waals surface area (Å²) < 4.78 is 23.5. The molecule has 1 aromatic carbocycles. The largest absolute Gasteiger partial charge is 0.379 e. The summed E-state index contributed by atoms with van der Waals surface area (Å²) >= 11 is 1.36. The number of ketones is 3. The zero-order valence-electron chi connectivity index (χ0n) is 27.7. The molecule has 248 valence electrons. The number of ether oxygens (including phenoxy) is 4. The van der Waals surface area contributed by atoms with E-state index in [4.69, 9.17) is 18.9 Å². The summed E-state index contributed by atoms with van der Waals surface area (Å²) in [4.78, 5) is 50.7. The van der Waals surface area contributed by atoms with Gasteiger partial charge in [0.25, 0.3) is 0 Å². The van der Waals surface area contributed by atoms with Crippen LogP contribution in [0.4, 0.5) is 0 Å². The van der Waals surface area contributed by atoms with Crippen molar-refractivity contribution in [1.29, 1.82) is 0 Å². The minimum absolute atomic E-state index is 0.0145. The van der Waals surface area contributed by atoms with Crippen LogP contribution >= 0.6 is 11.8 Å². The SMILES string of the molecule is CO[C@@H]1[C@H](NC(=O)CC(=O)CSc2ccc(CC(=O)COCC(=O)C(C)(C)C)cc2)CC[C@]2(CO2)[C@H]1[C@]1(C)O[C@@H]1CC=C(C)C. The Morgan fingerprint density at radius 2 is 1.78 bits per heavy atom. The van der Waals surface area contributed by atoms with E-state index in [9.17, 15) is 19.2 Å². The number of allylic oxidation sites excluding steroid dienone is 1. The third kappa shape index (κ3) is 9.35. The molecule has 3 fully saturated rings. The summed E-state index contributed by atoms with van der Waals surface area (Å²) in [6.45, 7) is 12.2. The van der Waals surface area contributed by atoms with Crippen LogP contribution in [0, 0.1) is 11.3 Å². The van der Waals surface area contributed by atoms with Crippen molar-refractivity contribution in [3.05, 3.63) is 41.5 Å². The predicted molar refractivity (Wildman–Crippen MR) is 172 cm³/mol. The lowest BCUT2D eigenvalue weighted by molar-refractivity contribution is -0.134. The molecule has 0 radical (unpaired) electrons. The summed E-state index contributed by atoms with van der Waals surface area (Å²) in [5.41, 5.74) is 0.922. The summed E-state index contributed by atoms with van der Waals surface area (Å²) in [6.07, 6.45) is 4.36. The molecular formula is C35H49NO8S. The molecule has 1 amide bonds. The zero-order chi connectivity index (χ0) is 33.0. The number of rotatable bonds is 16. The molecule has 1 N–H and O–H groups in total. The lowest BCUT2D eigenvalue weighted by atomic mass is 9.67. The standard InChI is InChI=1S/C35H49NO8S/c1-22(2)8-13-29-34(6,44-29)32-31(41-7)27(14-15-35(32)21-43-35)36-30(40)17-25(38)20-45-26-11-9-23(10-12-26)16-24(37)18-42-19-28(39)33(3,4)5/h8-12,27,29,31-32H,13-21H2,1-7H3,(H,36,40)/t27-,29-,31-,32-,34-,35+/m1/s1. The monoisotopic (exact) mass is 643 g/mol. The van der Waals surface area contributed by atoms with Crippen molar-refractivity contribution < 1.29 is 38.1 Å².